The van der Waals surface area contributed by atoms with Gasteiger partial charge in [0.1, 0.15) is 5.82 Å². The summed E-state index contributed by atoms with van der Waals surface area (Å²) < 4.78 is 48.0. The zero-order chi connectivity index (χ0) is 19.4. The molecule has 0 aliphatic rings. The van der Waals surface area contributed by atoms with Gasteiger partial charge in [-0.05, 0) is 24.6 Å². The van der Waals surface area contributed by atoms with E-state index in [4.69, 9.17) is 20.8 Å². The van der Waals surface area contributed by atoms with Crippen LogP contribution in [0.25, 0.3) is 11.3 Å². The van der Waals surface area contributed by atoms with E-state index in [2.05, 4.69) is 20.7 Å². The number of rotatable bonds is 7. The third-order valence-corrected chi connectivity index (χ3v) is 4.80. The highest BCUT2D eigenvalue weighted by atomic mass is 79.9. The molecule has 2 aromatic rings. The molecule has 26 heavy (non-hydrogen) atoms. The summed E-state index contributed by atoms with van der Waals surface area (Å²) in [6.45, 7) is 1.20. The number of aromatic hydroxyl groups is 1. The van der Waals surface area contributed by atoms with Gasteiger partial charge in [0.15, 0.2) is 11.5 Å². The summed E-state index contributed by atoms with van der Waals surface area (Å²) >= 11 is 9.00. The van der Waals surface area contributed by atoms with Crippen LogP contribution in [0.1, 0.15) is 23.9 Å². The van der Waals surface area contributed by atoms with Crippen LogP contribution in [0.5, 0.6) is 11.5 Å². The molecule has 0 spiro atoms. The van der Waals surface area contributed by atoms with Crippen molar-refractivity contribution in [2.24, 2.45) is 0 Å². The Balaban J connectivity index is 2.45. The number of carbonyl (C=O) groups excluding carboxylic acids is 1. The Kier molecular flexibility index (Phi) is 7.04. The van der Waals surface area contributed by atoms with Crippen molar-refractivity contribution in [3.05, 3.63) is 34.8 Å². The standard InChI is InChI=1S/C15H14BrClFNO6S/c1-7(20)24-15-12(21)13(9-3-2-8(17)6-11(9)18)25-14(15)10(16)4-5-19-26(22)23/h2-3,6,10,21,26H,4-5H2,1H3,(H,19,22,23). The Hall–Kier alpha value is -1.62. The Morgan fingerprint density at radius 2 is 2.19 bits per heavy atom. The minimum absolute atomic E-state index is 0.0185. The van der Waals surface area contributed by atoms with Crippen molar-refractivity contribution in [2.45, 2.75) is 18.2 Å². The van der Waals surface area contributed by atoms with E-state index in [1.54, 1.807) is 0 Å². The first-order valence-corrected chi connectivity index (χ1v) is 9.69. The zero-order valence-electron chi connectivity index (χ0n) is 13.3. The molecular weight excluding hydrogens is 457 g/mol. The van der Waals surface area contributed by atoms with E-state index < -0.39 is 33.3 Å². The van der Waals surface area contributed by atoms with E-state index in [-0.39, 0.29) is 40.8 Å². The smallest absolute Gasteiger partial charge is 0.308 e. The molecule has 2 rings (SSSR count). The van der Waals surface area contributed by atoms with Gasteiger partial charge in [-0.3, -0.25) is 4.79 Å². The van der Waals surface area contributed by atoms with Crippen molar-refractivity contribution in [1.29, 1.82) is 0 Å². The third kappa shape index (κ3) is 4.97. The topological polar surface area (TPSA) is 106 Å². The molecule has 7 nitrogen and oxygen atoms in total. The maximum absolute atomic E-state index is 14.2. The molecular formula is C15H14BrClFNO6S. The highest BCUT2D eigenvalue weighted by Crippen LogP contribution is 2.48. The average molecular weight is 471 g/mol. The minimum Gasteiger partial charge on any atom is -0.502 e. The van der Waals surface area contributed by atoms with Gasteiger partial charge in [0, 0.05) is 18.5 Å². The highest BCUT2D eigenvalue weighted by molar-refractivity contribution is 9.09. The number of hydrogen-bond donors (Lipinski definition) is 3. The second kappa shape index (κ2) is 8.85. The number of thiol groups is 1. The predicted molar refractivity (Wildman–Crippen MR) is 96.7 cm³/mol. The quantitative estimate of drug-likeness (QED) is 0.326. The summed E-state index contributed by atoms with van der Waals surface area (Å²) in [4.78, 5) is 10.7. The summed E-state index contributed by atoms with van der Waals surface area (Å²) in [7, 11) is -2.76. The molecule has 1 unspecified atom stereocenters. The van der Waals surface area contributed by atoms with Crippen LogP contribution in [0.2, 0.25) is 5.02 Å². The molecule has 0 aliphatic heterocycles. The lowest BCUT2D eigenvalue weighted by molar-refractivity contribution is -0.132. The van der Waals surface area contributed by atoms with E-state index in [1.807, 2.05) is 0 Å². The van der Waals surface area contributed by atoms with Gasteiger partial charge in [-0.2, -0.15) is 0 Å². The molecule has 0 radical (unpaired) electrons. The van der Waals surface area contributed by atoms with Gasteiger partial charge in [-0.15, -0.1) is 0 Å². The van der Waals surface area contributed by atoms with E-state index >= 15 is 0 Å². The fourth-order valence-corrected chi connectivity index (χ4v) is 3.14. The van der Waals surface area contributed by atoms with Gasteiger partial charge < -0.3 is 14.3 Å². The summed E-state index contributed by atoms with van der Waals surface area (Å²) in [5, 5.41) is 10.5. The van der Waals surface area contributed by atoms with Crippen molar-refractivity contribution in [3.63, 3.8) is 0 Å². The predicted octanol–water partition coefficient (Wildman–Crippen LogP) is 3.31. The first-order chi connectivity index (χ1) is 12.2. The molecule has 1 atom stereocenters. The lowest BCUT2D eigenvalue weighted by Gasteiger charge is -2.08. The molecule has 0 aliphatic carbocycles. The summed E-state index contributed by atoms with van der Waals surface area (Å²) in [6.07, 6.45) is 0.215. The largest absolute Gasteiger partial charge is 0.502 e. The number of nitrogens with one attached hydrogen (secondary N) is 1. The van der Waals surface area contributed by atoms with E-state index in [9.17, 15) is 22.7 Å². The monoisotopic (exact) mass is 469 g/mol. The highest BCUT2D eigenvalue weighted by Gasteiger charge is 2.29. The normalized spacial score (nSPS) is 12.3. The first kappa shape index (κ1) is 20.7. The lowest BCUT2D eigenvalue weighted by Crippen LogP contribution is -2.14. The van der Waals surface area contributed by atoms with Crippen molar-refractivity contribution >= 4 is 44.4 Å². The molecule has 11 heteroatoms. The summed E-state index contributed by atoms with van der Waals surface area (Å²) in [5.74, 6) is -2.49. The minimum atomic E-state index is -2.76. The van der Waals surface area contributed by atoms with Crippen molar-refractivity contribution < 1.29 is 31.9 Å². The van der Waals surface area contributed by atoms with Gasteiger partial charge >= 0.3 is 5.97 Å². The number of esters is 1. The van der Waals surface area contributed by atoms with Crippen molar-refractivity contribution in [1.82, 2.24) is 4.72 Å². The second-order valence-electron chi connectivity index (χ2n) is 5.11. The Morgan fingerprint density at radius 1 is 1.50 bits per heavy atom. The first-order valence-electron chi connectivity index (χ1n) is 7.22. The zero-order valence-corrected chi connectivity index (χ0v) is 16.5. The molecule has 1 heterocycles. The van der Waals surface area contributed by atoms with Gasteiger partial charge in [0.05, 0.1) is 10.4 Å². The molecule has 142 valence electrons. The van der Waals surface area contributed by atoms with Gasteiger partial charge in [-0.1, -0.05) is 27.5 Å². The van der Waals surface area contributed by atoms with Crippen LogP contribution in [-0.2, 0) is 15.7 Å². The fourth-order valence-electron chi connectivity index (χ4n) is 2.14. The molecule has 2 N–H and O–H groups in total. The fraction of sp³-hybridized carbons (Fsp3) is 0.267. The lowest BCUT2D eigenvalue weighted by atomic mass is 10.1. The van der Waals surface area contributed by atoms with Crippen LogP contribution in [0.3, 0.4) is 0 Å². The maximum Gasteiger partial charge on any atom is 0.308 e. The number of hydrogen-bond acceptors (Lipinski definition) is 6. The number of furan rings is 1. The third-order valence-electron chi connectivity index (χ3n) is 3.21. The van der Waals surface area contributed by atoms with Crippen LogP contribution in [0.4, 0.5) is 4.39 Å². The van der Waals surface area contributed by atoms with Crippen molar-refractivity contribution in [2.75, 3.05) is 6.54 Å². The molecule has 0 saturated carbocycles. The van der Waals surface area contributed by atoms with Crippen LogP contribution >= 0.6 is 27.5 Å². The summed E-state index contributed by atoms with van der Waals surface area (Å²) in [5.41, 5.74) is -0.0768. The number of carbonyl (C=O) groups is 1. The van der Waals surface area contributed by atoms with Crippen molar-refractivity contribution in [3.8, 4) is 22.8 Å². The number of ether oxygens (including phenoxy) is 1. The van der Waals surface area contributed by atoms with Gasteiger partial charge in [0.25, 0.3) is 0 Å². The molecule has 0 fully saturated rings. The Morgan fingerprint density at radius 3 is 2.77 bits per heavy atom. The van der Waals surface area contributed by atoms with Gasteiger partial charge in [-0.25, -0.2) is 17.5 Å². The summed E-state index contributed by atoms with van der Waals surface area (Å²) in [6, 6.07) is 3.77. The Labute approximate surface area is 163 Å². The number of benzene rings is 1. The van der Waals surface area contributed by atoms with E-state index in [0.29, 0.717) is 0 Å². The Bertz CT molecular complexity index is 893. The van der Waals surface area contributed by atoms with Crippen LogP contribution < -0.4 is 9.46 Å². The molecule has 0 bridgehead atoms. The number of alkyl halides is 1. The second-order valence-corrected chi connectivity index (χ2v) is 7.48. The van der Waals surface area contributed by atoms with E-state index in [1.165, 1.54) is 12.1 Å². The van der Waals surface area contributed by atoms with Crippen LogP contribution in [0, 0.1) is 5.82 Å². The molecule has 0 amide bonds. The molecule has 1 aromatic carbocycles. The molecule has 0 saturated heterocycles. The SMILES string of the molecule is CC(=O)Oc1c(C(Br)CCN[SH](=O)=O)oc(-c2ccc(Cl)cc2F)c1O. The van der Waals surface area contributed by atoms with Crippen LogP contribution in [0.15, 0.2) is 22.6 Å². The maximum atomic E-state index is 14.2. The number of halogens is 3. The van der Waals surface area contributed by atoms with E-state index in [0.717, 1.165) is 13.0 Å². The van der Waals surface area contributed by atoms with Gasteiger partial charge in [0.2, 0.25) is 22.4 Å². The molecule has 1 aromatic heterocycles. The average Bonchev–Trinajstić information content (AvgIpc) is 2.84. The van der Waals surface area contributed by atoms with Crippen LogP contribution in [-0.4, -0.2) is 26.0 Å².